The van der Waals surface area contributed by atoms with E-state index in [0.29, 0.717) is 34.2 Å². The predicted molar refractivity (Wildman–Crippen MR) is 117 cm³/mol. The molecule has 158 valence electrons. The van der Waals surface area contributed by atoms with Gasteiger partial charge in [-0.3, -0.25) is 14.9 Å². The van der Waals surface area contributed by atoms with Crippen LogP contribution in [0.15, 0.2) is 17.5 Å². The summed E-state index contributed by atoms with van der Waals surface area (Å²) in [5, 5.41) is 7.86. The number of rotatable bonds is 7. The molecule has 3 rings (SSSR count). The fraction of sp³-hybridized carbons (Fsp3) is 0.300. The fourth-order valence-corrected chi connectivity index (χ4v) is 4.60. The van der Waals surface area contributed by atoms with Gasteiger partial charge in [0.05, 0.1) is 29.3 Å². The van der Waals surface area contributed by atoms with Crippen LogP contribution in [0.1, 0.15) is 50.8 Å². The highest BCUT2D eigenvalue weighted by Crippen LogP contribution is 2.31. The summed E-state index contributed by atoms with van der Waals surface area (Å²) in [7, 11) is 0. The highest BCUT2D eigenvalue weighted by molar-refractivity contribution is 7.17. The second-order valence-electron chi connectivity index (χ2n) is 6.51. The van der Waals surface area contributed by atoms with Gasteiger partial charge in [-0.15, -0.1) is 22.7 Å². The van der Waals surface area contributed by atoms with Crippen molar-refractivity contribution >= 4 is 45.6 Å². The molecule has 0 aliphatic rings. The number of thiophene rings is 1. The highest BCUT2D eigenvalue weighted by atomic mass is 32.1. The van der Waals surface area contributed by atoms with Crippen LogP contribution in [-0.4, -0.2) is 34.4 Å². The number of hydrogen-bond acceptors (Lipinski definition) is 7. The summed E-state index contributed by atoms with van der Waals surface area (Å²) >= 11 is 2.85. The molecule has 30 heavy (non-hydrogen) atoms. The number of carbonyl (C=O) groups excluding carboxylic acids is 3. The van der Waals surface area contributed by atoms with Crippen LogP contribution in [0.5, 0.6) is 0 Å². The molecule has 0 saturated carbocycles. The molecule has 0 aliphatic carbocycles. The van der Waals surface area contributed by atoms with E-state index in [1.54, 1.807) is 20.8 Å². The number of esters is 1. The number of carbonyl (C=O) groups is 3. The molecule has 0 bridgehead atoms. The molecule has 0 atom stereocenters. The van der Waals surface area contributed by atoms with Gasteiger partial charge >= 0.3 is 5.97 Å². The first-order chi connectivity index (χ1) is 14.3. The van der Waals surface area contributed by atoms with Crippen LogP contribution < -0.4 is 10.6 Å². The van der Waals surface area contributed by atoms with Crippen LogP contribution >= 0.6 is 22.7 Å². The maximum atomic E-state index is 12.7. The van der Waals surface area contributed by atoms with E-state index < -0.39 is 5.97 Å². The molecule has 0 aliphatic heterocycles. The molecular formula is C20H22N4O4S2. The highest BCUT2D eigenvalue weighted by Gasteiger charge is 2.23. The minimum atomic E-state index is -0.452. The van der Waals surface area contributed by atoms with Crippen molar-refractivity contribution in [2.24, 2.45) is 0 Å². The van der Waals surface area contributed by atoms with Gasteiger partial charge in [0.2, 0.25) is 5.91 Å². The number of ether oxygens (including phenoxy) is 1. The standard InChI is InChI=1S/C20H22N4O4S2/c1-5-28-19(27)16-10(2)17(22-11(16)3)18(26)24-20-23-14(9-29-20)15-7-6-13(30-15)8-21-12(4)25/h6-7,9,22H,5,8H2,1-4H3,(H,21,25)(H,23,24,26). The molecule has 8 nitrogen and oxygen atoms in total. The van der Waals surface area contributed by atoms with Crippen molar-refractivity contribution in [3.8, 4) is 10.6 Å². The number of aromatic nitrogens is 2. The third-order valence-electron chi connectivity index (χ3n) is 4.29. The van der Waals surface area contributed by atoms with E-state index in [9.17, 15) is 14.4 Å². The summed E-state index contributed by atoms with van der Waals surface area (Å²) in [6, 6.07) is 3.88. The number of nitrogens with zero attached hydrogens (tertiary/aromatic N) is 1. The lowest BCUT2D eigenvalue weighted by atomic mass is 10.1. The van der Waals surface area contributed by atoms with E-state index in [0.717, 1.165) is 15.4 Å². The third kappa shape index (κ3) is 4.77. The van der Waals surface area contributed by atoms with Crippen molar-refractivity contribution in [1.82, 2.24) is 15.3 Å². The quantitative estimate of drug-likeness (QED) is 0.477. The molecule has 3 heterocycles. The lowest BCUT2D eigenvalue weighted by Gasteiger charge is -2.03. The van der Waals surface area contributed by atoms with Crippen LogP contribution in [0, 0.1) is 13.8 Å². The van der Waals surface area contributed by atoms with Gasteiger partial charge in [0.25, 0.3) is 5.91 Å². The average molecular weight is 447 g/mol. The van der Waals surface area contributed by atoms with Gasteiger partial charge in [0.15, 0.2) is 5.13 Å². The van der Waals surface area contributed by atoms with Crippen molar-refractivity contribution in [2.45, 2.75) is 34.2 Å². The van der Waals surface area contributed by atoms with E-state index in [2.05, 4.69) is 20.6 Å². The maximum absolute atomic E-state index is 12.7. The first-order valence-electron chi connectivity index (χ1n) is 9.26. The zero-order valence-electron chi connectivity index (χ0n) is 17.0. The molecule has 0 saturated heterocycles. The van der Waals surface area contributed by atoms with Crippen molar-refractivity contribution in [3.05, 3.63) is 44.9 Å². The largest absolute Gasteiger partial charge is 0.462 e. The monoisotopic (exact) mass is 446 g/mol. The molecule has 10 heteroatoms. The van der Waals surface area contributed by atoms with Gasteiger partial charge in [0.1, 0.15) is 5.69 Å². The second kappa shape index (κ2) is 9.23. The van der Waals surface area contributed by atoms with E-state index in [4.69, 9.17) is 4.74 Å². The molecule has 3 aromatic heterocycles. The fourth-order valence-electron chi connectivity index (χ4n) is 2.91. The summed E-state index contributed by atoms with van der Waals surface area (Å²) in [5.41, 5.74) is 2.57. The zero-order chi connectivity index (χ0) is 21.8. The SMILES string of the molecule is CCOC(=O)c1c(C)[nH]c(C(=O)Nc2nc(-c3ccc(CNC(C)=O)s3)cs2)c1C. The summed E-state index contributed by atoms with van der Waals surface area (Å²) in [4.78, 5) is 45.3. The zero-order valence-corrected chi connectivity index (χ0v) is 18.7. The number of anilines is 1. The minimum absolute atomic E-state index is 0.0791. The molecule has 0 spiro atoms. The molecule has 0 fully saturated rings. The van der Waals surface area contributed by atoms with Crippen molar-refractivity contribution in [3.63, 3.8) is 0 Å². The molecule has 0 radical (unpaired) electrons. The number of H-pyrrole nitrogens is 1. The van der Waals surface area contributed by atoms with E-state index in [1.165, 1.54) is 29.6 Å². The normalized spacial score (nSPS) is 10.7. The number of aryl methyl sites for hydroxylation is 1. The Balaban J connectivity index is 1.72. The molecule has 0 aromatic carbocycles. The maximum Gasteiger partial charge on any atom is 0.340 e. The van der Waals surface area contributed by atoms with Crippen LogP contribution in [0.3, 0.4) is 0 Å². The van der Waals surface area contributed by atoms with Gasteiger partial charge in [-0.1, -0.05) is 0 Å². The average Bonchev–Trinajstić information content (AvgIpc) is 3.39. The lowest BCUT2D eigenvalue weighted by molar-refractivity contribution is -0.119. The Bertz CT molecular complexity index is 1100. The topological polar surface area (TPSA) is 113 Å². The van der Waals surface area contributed by atoms with Crippen LogP contribution in [-0.2, 0) is 16.1 Å². The van der Waals surface area contributed by atoms with Crippen molar-refractivity contribution in [1.29, 1.82) is 0 Å². The molecule has 3 aromatic rings. The predicted octanol–water partition coefficient (Wildman–Crippen LogP) is 3.88. The summed E-state index contributed by atoms with van der Waals surface area (Å²) in [6.45, 7) is 7.39. The Morgan fingerprint density at radius 3 is 2.70 bits per heavy atom. The molecule has 3 N–H and O–H groups in total. The Morgan fingerprint density at radius 1 is 1.23 bits per heavy atom. The number of hydrogen-bond donors (Lipinski definition) is 3. The molecular weight excluding hydrogens is 424 g/mol. The third-order valence-corrected chi connectivity index (χ3v) is 6.16. The van der Waals surface area contributed by atoms with E-state index in [-0.39, 0.29) is 18.4 Å². The van der Waals surface area contributed by atoms with E-state index >= 15 is 0 Å². The Morgan fingerprint density at radius 2 is 2.00 bits per heavy atom. The lowest BCUT2D eigenvalue weighted by Crippen LogP contribution is -2.17. The van der Waals surface area contributed by atoms with E-state index in [1.807, 2.05) is 17.5 Å². The van der Waals surface area contributed by atoms with Crippen molar-refractivity contribution in [2.75, 3.05) is 11.9 Å². The second-order valence-corrected chi connectivity index (χ2v) is 8.54. The van der Waals surface area contributed by atoms with Gasteiger partial charge < -0.3 is 15.0 Å². The smallest absolute Gasteiger partial charge is 0.340 e. The van der Waals surface area contributed by atoms with Crippen LogP contribution in [0.2, 0.25) is 0 Å². The van der Waals surface area contributed by atoms with Gasteiger partial charge in [-0.2, -0.15) is 0 Å². The van der Waals surface area contributed by atoms with Crippen LogP contribution in [0.25, 0.3) is 10.6 Å². The number of thiazole rings is 1. The summed E-state index contributed by atoms with van der Waals surface area (Å²) in [6.07, 6.45) is 0. The molecule has 0 unspecified atom stereocenters. The Kier molecular flexibility index (Phi) is 6.68. The Hall–Kier alpha value is -2.98. The first-order valence-corrected chi connectivity index (χ1v) is 11.0. The van der Waals surface area contributed by atoms with Gasteiger partial charge in [0, 0.05) is 22.9 Å². The van der Waals surface area contributed by atoms with Gasteiger partial charge in [-0.05, 0) is 38.5 Å². The number of amides is 2. The van der Waals surface area contributed by atoms with Crippen LogP contribution in [0.4, 0.5) is 5.13 Å². The number of aromatic amines is 1. The summed E-state index contributed by atoms with van der Waals surface area (Å²) in [5.74, 6) is -0.902. The van der Waals surface area contributed by atoms with Gasteiger partial charge in [-0.25, -0.2) is 9.78 Å². The number of nitrogens with one attached hydrogen (secondary N) is 3. The minimum Gasteiger partial charge on any atom is -0.462 e. The summed E-state index contributed by atoms with van der Waals surface area (Å²) < 4.78 is 5.06. The molecule has 2 amide bonds. The van der Waals surface area contributed by atoms with Crippen molar-refractivity contribution < 1.29 is 19.1 Å². The first kappa shape index (κ1) is 21.7. The Labute approximate surface area is 181 Å².